The van der Waals surface area contributed by atoms with Crippen molar-refractivity contribution in [2.24, 2.45) is 5.73 Å². The highest BCUT2D eigenvalue weighted by Crippen LogP contribution is 2.30. The molecule has 0 aliphatic carbocycles. The number of likely N-dealkylation sites (N-methyl/N-ethyl adjacent to an activating group) is 2. The fourth-order valence-corrected chi connectivity index (χ4v) is 3.21. The van der Waals surface area contributed by atoms with Crippen LogP contribution >= 0.6 is 0 Å². The van der Waals surface area contributed by atoms with Gasteiger partial charge in [0.25, 0.3) is 0 Å². The predicted octanol–water partition coefficient (Wildman–Crippen LogP) is -0.345. The minimum absolute atomic E-state index is 0.263. The van der Waals surface area contributed by atoms with Crippen LogP contribution in [0.1, 0.15) is 12.8 Å². The standard InChI is InChI=1S/C12H26N4/c1-14(2)11-4-6-16(8-11)12(9-13)5-7-15(3)10-12/h11H,4-10,13H2,1-3H3. The molecule has 2 heterocycles. The Morgan fingerprint density at radius 3 is 2.56 bits per heavy atom. The van der Waals surface area contributed by atoms with Crippen molar-refractivity contribution in [2.75, 3.05) is 53.9 Å². The Labute approximate surface area is 99.4 Å². The van der Waals surface area contributed by atoms with Crippen molar-refractivity contribution in [3.63, 3.8) is 0 Å². The summed E-state index contributed by atoms with van der Waals surface area (Å²) in [4.78, 5) is 7.40. The van der Waals surface area contributed by atoms with E-state index in [1.165, 1.54) is 32.5 Å². The molecule has 0 radical (unpaired) electrons. The van der Waals surface area contributed by atoms with E-state index in [1.54, 1.807) is 0 Å². The molecule has 0 aromatic carbocycles. The van der Waals surface area contributed by atoms with Crippen LogP contribution in [0.4, 0.5) is 0 Å². The zero-order valence-electron chi connectivity index (χ0n) is 10.9. The summed E-state index contributed by atoms with van der Waals surface area (Å²) in [6.45, 7) is 5.55. The lowest BCUT2D eigenvalue weighted by molar-refractivity contribution is 0.122. The first-order valence-corrected chi connectivity index (χ1v) is 6.37. The highest BCUT2D eigenvalue weighted by atomic mass is 15.3. The maximum absolute atomic E-state index is 6.05. The Morgan fingerprint density at radius 1 is 1.38 bits per heavy atom. The van der Waals surface area contributed by atoms with Crippen molar-refractivity contribution >= 4 is 0 Å². The molecule has 0 aromatic heterocycles. The van der Waals surface area contributed by atoms with Gasteiger partial charge in [0.05, 0.1) is 0 Å². The number of hydrogen-bond acceptors (Lipinski definition) is 4. The van der Waals surface area contributed by atoms with Gasteiger partial charge in [0.2, 0.25) is 0 Å². The fourth-order valence-electron chi connectivity index (χ4n) is 3.21. The van der Waals surface area contributed by atoms with E-state index in [1.807, 2.05) is 0 Å². The summed E-state index contributed by atoms with van der Waals surface area (Å²) in [7, 11) is 6.57. The molecular formula is C12H26N4. The smallest absolute Gasteiger partial charge is 0.0471 e. The van der Waals surface area contributed by atoms with Crippen LogP contribution in [-0.2, 0) is 0 Å². The zero-order chi connectivity index (χ0) is 11.8. The number of nitrogens with two attached hydrogens (primary N) is 1. The maximum atomic E-state index is 6.05. The molecule has 94 valence electrons. The summed E-state index contributed by atoms with van der Waals surface area (Å²) in [6, 6.07) is 0.717. The summed E-state index contributed by atoms with van der Waals surface area (Å²) in [5.74, 6) is 0. The zero-order valence-corrected chi connectivity index (χ0v) is 10.9. The average Bonchev–Trinajstić information content (AvgIpc) is 2.84. The van der Waals surface area contributed by atoms with Gasteiger partial charge in [-0.25, -0.2) is 0 Å². The molecule has 4 heteroatoms. The van der Waals surface area contributed by atoms with E-state index in [9.17, 15) is 0 Å². The molecule has 16 heavy (non-hydrogen) atoms. The van der Waals surface area contributed by atoms with Crippen LogP contribution in [-0.4, -0.2) is 80.1 Å². The molecule has 0 spiro atoms. The molecule has 2 aliphatic heterocycles. The van der Waals surface area contributed by atoms with Crippen LogP contribution < -0.4 is 5.73 Å². The van der Waals surface area contributed by atoms with E-state index < -0.39 is 0 Å². The number of rotatable bonds is 3. The van der Waals surface area contributed by atoms with Gasteiger partial charge in [-0.3, -0.25) is 4.90 Å². The van der Waals surface area contributed by atoms with Gasteiger partial charge in [-0.1, -0.05) is 0 Å². The van der Waals surface area contributed by atoms with E-state index in [2.05, 4.69) is 35.8 Å². The molecule has 0 amide bonds. The quantitative estimate of drug-likeness (QED) is 0.714. The lowest BCUT2D eigenvalue weighted by Gasteiger charge is -2.38. The molecule has 0 saturated carbocycles. The van der Waals surface area contributed by atoms with Crippen LogP contribution in [0.25, 0.3) is 0 Å². The van der Waals surface area contributed by atoms with Crippen molar-refractivity contribution in [3.8, 4) is 0 Å². The van der Waals surface area contributed by atoms with Gasteiger partial charge in [-0.2, -0.15) is 0 Å². The Hall–Kier alpha value is -0.160. The van der Waals surface area contributed by atoms with Gasteiger partial charge in [0, 0.05) is 37.8 Å². The second-order valence-electron chi connectivity index (χ2n) is 5.77. The lowest BCUT2D eigenvalue weighted by Crippen LogP contribution is -2.55. The topological polar surface area (TPSA) is 35.7 Å². The summed E-state index contributed by atoms with van der Waals surface area (Å²) in [5, 5.41) is 0. The van der Waals surface area contributed by atoms with Gasteiger partial charge in [0.15, 0.2) is 0 Å². The second kappa shape index (κ2) is 4.61. The van der Waals surface area contributed by atoms with Crippen LogP contribution in [0.15, 0.2) is 0 Å². The Kier molecular flexibility index (Phi) is 3.54. The first kappa shape index (κ1) is 12.3. The van der Waals surface area contributed by atoms with Crippen LogP contribution in [0.5, 0.6) is 0 Å². The Bertz CT molecular complexity index is 243. The normalized spacial score (nSPS) is 37.7. The SMILES string of the molecule is CN1CCC(CN)(N2CCC(N(C)C)C2)C1. The monoisotopic (exact) mass is 226 g/mol. The number of nitrogens with zero attached hydrogens (tertiary/aromatic N) is 3. The summed E-state index contributed by atoms with van der Waals surface area (Å²) >= 11 is 0. The average molecular weight is 226 g/mol. The molecular weight excluding hydrogens is 200 g/mol. The minimum atomic E-state index is 0.263. The molecule has 2 N–H and O–H groups in total. The summed E-state index contributed by atoms with van der Waals surface area (Å²) < 4.78 is 0. The molecule has 2 fully saturated rings. The van der Waals surface area contributed by atoms with Crippen molar-refractivity contribution in [2.45, 2.75) is 24.4 Å². The van der Waals surface area contributed by atoms with Crippen molar-refractivity contribution in [1.82, 2.24) is 14.7 Å². The van der Waals surface area contributed by atoms with Gasteiger partial charge >= 0.3 is 0 Å². The Balaban J connectivity index is 2.01. The number of likely N-dealkylation sites (tertiary alicyclic amines) is 2. The van der Waals surface area contributed by atoms with Crippen molar-refractivity contribution < 1.29 is 0 Å². The Morgan fingerprint density at radius 2 is 2.12 bits per heavy atom. The molecule has 2 aliphatic rings. The third-order valence-corrected chi connectivity index (χ3v) is 4.47. The maximum Gasteiger partial charge on any atom is 0.0471 e. The second-order valence-corrected chi connectivity index (χ2v) is 5.77. The molecule has 0 bridgehead atoms. The van der Waals surface area contributed by atoms with Gasteiger partial charge < -0.3 is 15.5 Å². The first-order valence-electron chi connectivity index (χ1n) is 6.37. The van der Waals surface area contributed by atoms with E-state index in [4.69, 9.17) is 5.73 Å². The van der Waals surface area contributed by atoms with Gasteiger partial charge in [0.1, 0.15) is 0 Å². The predicted molar refractivity (Wildman–Crippen MR) is 67.6 cm³/mol. The molecule has 2 unspecified atom stereocenters. The molecule has 2 atom stereocenters. The largest absolute Gasteiger partial charge is 0.329 e. The van der Waals surface area contributed by atoms with E-state index in [-0.39, 0.29) is 5.54 Å². The number of hydrogen-bond donors (Lipinski definition) is 1. The van der Waals surface area contributed by atoms with Crippen molar-refractivity contribution in [1.29, 1.82) is 0 Å². The van der Waals surface area contributed by atoms with Crippen LogP contribution in [0, 0.1) is 0 Å². The molecule has 2 rings (SSSR count). The highest BCUT2D eigenvalue weighted by molar-refractivity contribution is 5.02. The molecule has 4 nitrogen and oxygen atoms in total. The van der Waals surface area contributed by atoms with E-state index in [0.717, 1.165) is 13.1 Å². The molecule has 2 saturated heterocycles. The van der Waals surface area contributed by atoms with Crippen molar-refractivity contribution in [3.05, 3.63) is 0 Å². The minimum Gasteiger partial charge on any atom is -0.329 e. The first-order chi connectivity index (χ1) is 7.57. The fraction of sp³-hybridized carbons (Fsp3) is 1.00. The van der Waals surface area contributed by atoms with Crippen LogP contribution in [0.3, 0.4) is 0 Å². The third kappa shape index (κ3) is 2.12. The van der Waals surface area contributed by atoms with Gasteiger partial charge in [-0.05, 0) is 40.5 Å². The van der Waals surface area contributed by atoms with E-state index in [0.29, 0.717) is 6.04 Å². The van der Waals surface area contributed by atoms with Gasteiger partial charge in [-0.15, -0.1) is 0 Å². The van der Waals surface area contributed by atoms with Crippen LogP contribution in [0.2, 0.25) is 0 Å². The third-order valence-electron chi connectivity index (χ3n) is 4.47. The lowest BCUT2D eigenvalue weighted by atomic mass is 9.96. The summed E-state index contributed by atoms with van der Waals surface area (Å²) in [6.07, 6.45) is 2.53. The summed E-state index contributed by atoms with van der Waals surface area (Å²) in [5.41, 5.74) is 6.31. The highest BCUT2D eigenvalue weighted by Gasteiger charge is 2.43. The molecule has 0 aromatic rings. The van der Waals surface area contributed by atoms with E-state index >= 15 is 0 Å².